The van der Waals surface area contributed by atoms with Gasteiger partial charge in [-0.2, -0.15) is 18.2 Å². The Labute approximate surface area is 114 Å². The van der Waals surface area contributed by atoms with Crippen molar-refractivity contribution in [3.8, 4) is 10.7 Å². The number of halogens is 3. The molecule has 2 aromatic heterocycles. The highest BCUT2D eigenvalue weighted by molar-refractivity contribution is 7.17. The number of carbonyl (C=O) groups is 1. The summed E-state index contributed by atoms with van der Waals surface area (Å²) >= 11 is 1.02. The van der Waals surface area contributed by atoms with Gasteiger partial charge in [0.05, 0.1) is 9.75 Å². The molecule has 0 radical (unpaired) electrons. The molecule has 1 fully saturated rings. The van der Waals surface area contributed by atoms with Crippen LogP contribution in [0.5, 0.6) is 0 Å². The Morgan fingerprint density at radius 1 is 1.40 bits per heavy atom. The van der Waals surface area contributed by atoms with Gasteiger partial charge in [0, 0.05) is 6.04 Å². The molecular weight excluding hydrogens is 295 g/mol. The van der Waals surface area contributed by atoms with E-state index in [1.54, 1.807) is 0 Å². The monoisotopic (exact) mass is 303 g/mol. The first kappa shape index (κ1) is 13.1. The molecule has 0 unspecified atom stereocenters. The van der Waals surface area contributed by atoms with E-state index in [0.717, 1.165) is 24.2 Å². The van der Waals surface area contributed by atoms with Gasteiger partial charge in [0.1, 0.15) is 0 Å². The number of hydrogen-bond acceptors (Lipinski definition) is 5. The van der Waals surface area contributed by atoms with Crippen LogP contribution in [0.25, 0.3) is 10.7 Å². The average Bonchev–Trinajstić information content (AvgIpc) is 2.91. The number of thiophene rings is 1. The minimum Gasteiger partial charge on any atom is -0.349 e. The molecule has 0 atom stereocenters. The average molecular weight is 303 g/mol. The number of rotatable bonds is 3. The summed E-state index contributed by atoms with van der Waals surface area (Å²) in [5.74, 6) is -1.80. The smallest absolute Gasteiger partial charge is 0.349 e. The fourth-order valence-electron chi connectivity index (χ4n) is 1.50. The first-order chi connectivity index (χ1) is 9.43. The van der Waals surface area contributed by atoms with Gasteiger partial charge in [-0.15, -0.1) is 11.3 Å². The second-order valence-electron chi connectivity index (χ2n) is 4.33. The lowest BCUT2D eigenvalue weighted by Gasteiger charge is -1.98. The molecule has 106 valence electrons. The number of amides is 1. The lowest BCUT2D eigenvalue weighted by atomic mass is 10.4. The van der Waals surface area contributed by atoms with Gasteiger partial charge in [-0.1, -0.05) is 5.16 Å². The van der Waals surface area contributed by atoms with E-state index in [-0.39, 0.29) is 17.8 Å². The molecule has 2 aromatic rings. The van der Waals surface area contributed by atoms with Gasteiger partial charge in [0.25, 0.3) is 5.91 Å². The first-order valence-electron chi connectivity index (χ1n) is 5.75. The number of alkyl halides is 3. The van der Waals surface area contributed by atoms with Crippen LogP contribution in [-0.4, -0.2) is 22.1 Å². The van der Waals surface area contributed by atoms with Gasteiger partial charge in [-0.3, -0.25) is 4.79 Å². The predicted molar refractivity (Wildman–Crippen MR) is 63.1 cm³/mol. The normalized spacial score (nSPS) is 15.3. The summed E-state index contributed by atoms with van der Waals surface area (Å²) in [5.41, 5.74) is 0. The fraction of sp³-hybridized carbons (Fsp3) is 0.364. The Morgan fingerprint density at radius 3 is 2.75 bits per heavy atom. The summed E-state index contributed by atoms with van der Waals surface area (Å²) in [7, 11) is 0. The highest BCUT2D eigenvalue weighted by Gasteiger charge is 2.38. The van der Waals surface area contributed by atoms with Crippen molar-refractivity contribution in [2.75, 3.05) is 0 Å². The third-order valence-electron chi connectivity index (χ3n) is 2.63. The van der Waals surface area contributed by atoms with E-state index < -0.39 is 12.1 Å². The molecular formula is C11H8F3N3O2S. The molecule has 0 aliphatic heterocycles. The SMILES string of the molecule is O=C(NC1CC1)c1ccc(-c2noc(C(F)(F)F)n2)s1. The zero-order valence-corrected chi connectivity index (χ0v) is 10.7. The van der Waals surface area contributed by atoms with E-state index in [0.29, 0.717) is 9.75 Å². The molecule has 1 saturated carbocycles. The number of aromatic nitrogens is 2. The van der Waals surface area contributed by atoms with Crippen molar-refractivity contribution < 1.29 is 22.5 Å². The number of nitrogens with one attached hydrogen (secondary N) is 1. The van der Waals surface area contributed by atoms with Gasteiger partial charge < -0.3 is 9.84 Å². The van der Waals surface area contributed by atoms with Crippen LogP contribution in [0.2, 0.25) is 0 Å². The second-order valence-corrected chi connectivity index (χ2v) is 5.42. The molecule has 2 heterocycles. The molecule has 3 rings (SSSR count). The first-order valence-corrected chi connectivity index (χ1v) is 6.57. The number of hydrogen-bond donors (Lipinski definition) is 1. The predicted octanol–water partition coefficient (Wildman–Crippen LogP) is 2.71. The largest absolute Gasteiger partial charge is 0.471 e. The highest BCUT2D eigenvalue weighted by atomic mass is 32.1. The molecule has 1 N–H and O–H groups in total. The molecule has 0 bridgehead atoms. The third kappa shape index (κ3) is 2.67. The van der Waals surface area contributed by atoms with Gasteiger partial charge in [0.15, 0.2) is 0 Å². The maximum atomic E-state index is 12.3. The van der Waals surface area contributed by atoms with E-state index in [4.69, 9.17) is 0 Å². The molecule has 1 amide bonds. The molecule has 1 aliphatic rings. The highest BCUT2D eigenvalue weighted by Crippen LogP contribution is 2.32. The molecule has 0 aromatic carbocycles. The van der Waals surface area contributed by atoms with Crippen LogP contribution < -0.4 is 5.32 Å². The summed E-state index contributed by atoms with van der Waals surface area (Å²) in [6.07, 6.45) is -2.75. The third-order valence-corrected chi connectivity index (χ3v) is 3.71. The standard InChI is InChI=1S/C11H8F3N3O2S/c12-11(13,14)10-16-8(17-19-10)6-3-4-7(20-6)9(18)15-5-1-2-5/h3-5H,1-2H2,(H,15,18). The Bertz CT molecular complexity index is 645. The summed E-state index contributed by atoms with van der Waals surface area (Å²) in [5, 5.41) is 6.06. The van der Waals surface area contributed by atoms with Crippen LogP contribution in [0, 0.1) is 0 Å². The number of nitrogens with zero attached hydrogens (tertiary/aromatic N) is 2. The van der Waals surface area contributed by atoms with E-state index >= 15 is 0 Å². The Hall–Kier alpha value is -1.90. The van der Waals surface area contributed by atoms with Crippen LogP contribution in [0.3, 0.4) is 0 Å². The topological polar surface area (TPSA) is 68.0 Å². The van der Waals surface area contributed by atoms with Gasteiger partial charge in [-0.05, 0) is 25.0 Å². The van der Waals surface area contributed by atoms with Crippen LogP contribution in [-0.2, 0) is 6.18 Å². The summed E-state index contributed by atoms with van der Waals surface area (Å²) in [4.78, 5) is 15.8. The zero-order chi connectivity index (χ0) is 14.3. The maximum absolute atomic E-state index is 12.3. The fourth-order valence-corrected chi connectivity index (χ4v) is 2.34. The van der Waals surface area contributed by atoms with E-state index in [1.165, 1.54) is 12.1 Å². The van der Waals surface area contributed by atoms with Crippen LogP contribution in [0.15, 0.2) is 16.7 Å². The second kappa shape index (κ2) is 4.58. The molecule has 5 nitrogen and oxygen atoms in total. The van der Waals surface area contributed by atoms with Crippen molar-refractivity contribution in [3.63, 3.8) is 0 Å². The van der Waals surface area contributed by atoms with E-state index in [1.807, 2.05) is 0 Å². The van der Waals surface area contributed by atoms with Crippen molar-refractivity contribution in [3.05, 3.63) is 22.9 Å². The minimum atomic E-state index is -4.67. The molecule has 0 saturated heterocycles. The van der Waals surface area contributed by atoms with Gasteiger partial charge in [0.2, 0.25) is 5.82 Å². The van der Waals surface area contributed by atoms with E-state index in [9.17, 15) is 18.0 Å². The van der Waals surface area contributed by atoms with Crippen molar-refractivity contribution in [2.24, 2.45) is 0 Å². The van der Waals surface area contributed by atoms with E-state index in [2.05, 4.69) is 20.0 Å². The van der Waals surface area contributed by atoms with Crippen LogP contribution in [0.4, 0.5) is 13.2 Å². The van der Waals surface area contributed by atoms with Crippen molar-refractivity contribution in [1.82, 2.24) is 15.5 Å². The summed E-state index contributed by atoms with van der Waals surface area (Å²) in [6, 6.07) is 3.24. The summed E-state index contributed by atoms with van der Waals surface area (Å²) in [6.45, 7) is 0. The Balaban J connectivity index is 1.79. The Kier molecular flexibility index (Phi) is 3.00. The number of carbonyl (C=O) groups excluding carboxylic acids is 1. The lowest BCUT2D eigenvalue weighted by Crippen LogP contribution is -2.24. The van der Waals surface area contributed by atoms with Gasteiger partial charge >= 0.3 is 12.1 Å². The Morgan fingerprint density at radius 2 is 2.15 bits per heavy atom. The van der Waals surface area contributed by atoms with Crippen molar-refractivity contribution in [2.45, 2.75) is 25.1 Å². The molecule has 20 heavy (non-hydrogen) atoms. The zero-order valence-electron chi connectivity index (χ0n) is 9.90. The quantitative estimate of drug-likeness (QED) is 0.946. The summed E-state index contributed by atoms with van der Waals surface area (Å²) < 4.78 is 41.2. The molecule has 9 heteroatoms. The minimum absolute atomic E-state index is 0.173. The molecule has 0 spiro atoms. The lowest BCUT2D eigenvalue weighted by molar-refractivity contribution is -0.159. The van der Waals surface area contributed by atoms with Crippen LogP contribution >= 0.6 is 11.3 Å². The van der Waals surface area contributed by atoms with Gasteiger partial charge in [-0.25, -0.2) is 0 Å². The molecule has 1 aliphatic carbocycles. The van der Waals surface area contributed by atoms with Crippen LogP contribution in [0.1, 0.15) is 28.4 Å². The van der Waals surface area contributed by atoms with Crippen molar-refractivity contribution >= 4 is 17.2 Å². The van der Waals surface area contributed by atoms with Crippen molar-refractivity contribution in [1.29, 1.82) is 0 Å². The maximum Gasteiger partial charge on any atom is 0.471 e.